The van der Waals surface area contributed by atoms with E-state index in [0.717, 1.165) is 6.07 Å². The van der Waals surface area contributed by atoms with E-state index >= 15 is 0 Å². The van der Waals surface area contributed by atoms with Crippen LogP contribution in [0, 0.1) is 5.82 Å². The molecule has 2 amide bonds. The highest BCUT2D eigenvalue weighted by atomic mass is 79.9. The highest BCUT2D eigenvalue weighted by Crippen LogP contribution is 2.25. The summed E-state index contributed by atoms with van der Waals surface area (Å²) in [6.45, 7) is 5.03. The molecule has 0 bridgehead atoms. The Morgan fingerprint density at radius 3 is 2.40 bits per heavy atom. The van der Waals surface area contributed by atoms with Gasteiger partial charge in [0, 0.05) is 11.2 Å². The number of carbonyl (C=O) groups is 1. The molecule has 9 heteroatoms. The van der Waals surface area contributed by atoms with E-state index in [2.05, 4.69) is 21.2 Å². The normalized spacial score (nSPS) is 12.1. The van der Waals surface area contributed by atoms with Gasteiger partial charge in [0.1, 0.15) is 4.90 Å². The van der Waals surface area contributed by atoms with Crippen LogP contribution in [0.4, 0.5) is 14.9 Å². The average molecular weight is 368 g/mol. The van der Waals surface area contributed by atoms with E-state index in [1.165, 1.54) is 6.07 Å². The number of hydrogen-bond donors (Lipinski definition) is 3. The Balaban J connectivity index is 3.10. The minimum absolute atomic E-state index is 0.0508. The van der Waals surface area contributed by atoms with Gasteiger partial charge in [-0.25, -0.2) is 22.3 Å². The third-order valence-electron chi connectivity index (χ3n) is 2.02. The van der Waals surface area contributed by atoms with Crippen LogP contribution in [-0.2, 0) is 10.0 Å². The minimum atomic E-state index is -4.35. The fraction of sp³-hybridized carbons (Fsp3) is 0.364. The van der Waals surface area contributed by atoms with Crippen LogP contribution in [0.2, 0.25) is 0 Å². The largest absolute Gasteiger partial charge is 0.399 e. The molecule has 1 aromatic rings. The minimum Gasteiger partial charge on any atom is -0.399 e. The molecule has 20 heavy (non-hydrogen) atoms. The van der Waals surface area contributed by atoms with Crippen LogP contribution in [0.1, 0.15) is 20.8 Å². The summed E-state index contributed by atoms with van der Waals surface area (Å²) in [7, 11) is -4.35. The van der Waals surface area contributed by atoms with E-state index in [0.29, 0.717) is 0 Å². The van der Waals surface area contributed by atoms with Crippen molar-refractivity contribution in [2.24, 2.45) is 0 Å². The molecule has 0 spiro atoms. The lowest BCUT2D eigenvalue weighted by atomic mass is 10.1. The van der Waals surface area contributed by atoms with E-state index in [-0.39, 0.29) is 10.2 Å². The van der Waals surface area contributed by atoms with Gasteiger partial charge in [0.25, 0.3) is 10.0 Å². The Bertz CT molecular complexity index is 641. The first-order valence-electron chi connectivity index (χ1n) is 5.52. The van der Waals surface area contributed by atoms with Crippen molar-refractivity contribution < 1.29 is 17.6 Å². The number of nitrogens with one attached hydrogen (secondary N) is 2. The van der Waals surface area contributed by atoms with Crippen LogP contribution in [0.15, 0.2) is 21.5 Å². The van der Waals surface area contributed by atoms with Gasteiger partial charge < -0.3 is 11.1 Å². The molecular formula is C11H15BrFN3O3S. The Kier molecular flexibility index (Phi) is 4.65. The maximum Gasteiger partial charge on any atom is 0.329 e. The molecular weight excluding hydrogens is 353 g/mol. The fourth-order valence-electron chi connectivity index (χ4n) is 1.32. The molecule has 0 aliphatic carbocycles. The maximum atomic E-state index is 13.8. The standard InChI is InChI=1S/C11H15BrFN3O3S/c1-11(2,3)15-10(17)16-20(18,19)8-5-6(14)4-7(12)9(8)13/h4-5H,14H2,1-3H3,(H2,15,16,17). The van der Waals surface area contributed by atoms with Gasteiger partial charge in [-0.15, -0.1) is 0 Å². The molecule has 0 radical (unpaired) electrons. The molecule has 0 heterocycles. The number of halogens is 2. The van der Waals surface area contributed by atoms with Gasteiger partial charge in [-0.2, -0.15) is 0 Å². The van der Waals surface area contributed by atoms with Crippen LogP contribution in [0.5, 0.6) is 0 Å². The molecule has 4 N–H and O–H groups in total. The highest BCUT2D eigenvalue weighted by molar-refractivity contribution is 9.10. The number of anilines is 1. The van der Waals surface area contributed by atoms with Crippen molar-refractivity contribution >= 4 is 37.7 Å². The Morgan fingerprint density at radius 2 is 1.90 bits per heavy atom. The van der Waals surface area contributed by atoms with Gasteiger partial charge in [-0.05, 0) is 48.8 Å². The quantitative estimate of drug-likeness (QED) is 0.695. The van der Waals surface area contributed by atoms with Gasteiger partial charge >= 0.3 is 6.03 Å². The first-order valence-corrected chi connectivity index (χ1v) is 7.79. The number of carbonyl (C=O) groups excluding carboxylic acids is 1. The third-order valence-corrected chi connectivity index (χ3v) is 3.93. The molecule has 0 fully saturated rings. The molecule has 0 saturated heterocycles. The number of amides is 2. The molecule has 0 aromatic heterocycles. The second kappa shape index (κ2) is 5.57. The lowest BCUT2D eigenvalue weighted by Crippen LogP contribution is -2.48. The highest BCUT2D eigenvalue weighted by Gasteiger charge is 2.25. The summed E-state index contributed by atoms with van der Waals surface area (Å²) in [5, 5.41) is 2.40. The number of benzene rings is 1. The van der Waals surface area contributed by atoms with Gasteiger partial charge in [0.2, 0.25) is 0 Å². The topological polar surface area (TPSA) is 101 Å². The van der Waals surface area contributed by atoms with Crippen LogP contribution in [0.25, 0.3) is 0 Å². The summed E-state index contributed by atoms with van der Waals surface area (Å²) < 4.78 is 39.4. The molecule has 0 unspecified atom stereocenters. The average Bonchev–Trinajstić information content (AvgIpc) is 2.19. The molecule has 0 aliphatic heterocycles. The number of nitrogens with two attached hydrogens (primary N) is 1. The first kappa shape index (κ1) is 16.7. The zero-order chi connectivity index (χ0) is 15.7. The summed E-state index contributed by atoms with van der Waals surface area (Å²) in [6.07, 6.45) is 0. The maximum absolute atomic E-state index is 13.8. The second-order valence-corrected chi connectivity index (χ2v) is 7.63. The van der Waals surface area contributed by atoms with Crippen molar-refractivity contribution in [3.05, 3.63) is 22.4 Å². The van der Waals surface area contributed by atoms with E-state index in [1.807, 2.05) is 0 Å². The van der Waals surface area contributed by atoms with E-state index in [1.54, 1.807) is 25.5 Å². The number of hydrogen-bond acceptors (Lipinski definition) is 4. The molecule has 0 atom stereocenters. The van der Waals surface area contributed by atoms with Crippen molar-refractivity contribution in [3.63, 3.8) is 0 Å². The smallest absolute Gasteiger partial charge is 0.329 e. The number of sulfonamides is 1. The molecule has 1 rings (SSSR count). The van der Waals surface area contributed by atoms with E-state index < -0.39 is 32.3 Å². The Hall–Kier alpha value is -1.35. The zero-order valence-electron chi connectivity index (χ0n) is 11.1. The van der Waals surface area contributed by atoms with Crippen molar-refractivity contribution in [2.75, 3.05) is 5.73 Å². The lowest BCUT2D eigenvalue weighted by molar-refractivity contribution is 0.237. The third kappa shape index (κ3) is 4.34. The molecule has 1 aromatic carbocycles. The van der Waals surface area contributed by atoms with Crippen molar-refractivity contribution in [2.45, 2.75) is 31.2 Å². The van der Waals surface area contributed by atoms with Crippen LogP contribution in [0.3, 0.4) is 0 Å². The molecule has 112 valence electrons. The predicted octanol–water partition coefficient (Wildman–Crippen LogP) is 1.96. The fourth-order valence-corrected chi connectivity index (χ4v) is 2.97. The monoisotopic (exact) mass is 367 g/mol. The second-order valence-electron chi connectivity index (χ2n) is 5.12. The zero-order valence-corrected chi connectivity index (χ0v) is 13.5. The lowest BCUT2D eigenvalue weighted by Gasteiger charge is -2.20. The number of rotatable bonds is 2. The van der Waals surface area contributed by atoms with Gasteiger partial charge in [-0.1, -0.05) is 0 Å². The van der Waals surface area contributed by atoms with Gasteiger partial charge in [0.05, 0.1) is 4.47 Å². The van der Waals surface area contributed by atoms with Crippen molar-refractivity contribution in [1.29, 1.82) is 0 Å². The first-order chi connectivity index (χ1) is 8.92. The van der Waals surface area contributed by atoms with Crippen LogP contribution >= 0.6 is 15.9 Å². The summed E-state index contributed by atoms with van der Waals surface area (Å²) >= 11 is 2.86. The summed E-state index contributed by atoms with van der Waals surface area (Å²) in [5.74, 6) is -1.02. The Morgan fingerprint density at radius 1 is 1.35 bits per heavy atom. The van der Waals surface area contributed by atoms with E-state index in [9.17, 15) is 17.6 Å². The number of nitrogen functional groups attached to an aromatic ring is 1. The summed E-state index contributed by atoms with van der Waals surface area (Å²) in [4.78, 5) is 10.9. The van der Waals surface area contributed by atoms with E-state index in [4.69, 9.17) is 5.73 Å². The molecule has 0 aliphatic rings. The summed E-state index contributed by atoms with van der Waals surface area (Å²) in [6, 6.07) is 1.21. The summed E-state index contributed by atoms with van der Waals surface area (Å²) in [5.41, 5.74) is 4.89. The number of urea groups is 1. The predicted molar refractivity (Wildman–Crippen MR) is 77.1 cm³/mol. The van der Waals surface area contributed by atoms with Crippen molar-refractivity contribution in [3.8, 4) is 0 Å². The van der Waals surface area contributed by atoms with Crippen LogP contribution < -0.4 is 15.8 Å². The molecule has 0 saturated carbocycles. The Labute approximate surface area is 125 Å². The van der Waals surface area contributed by atoms with Crippen molar-refractivity contribution in [1.82, 2.24) is 10.0 Å². The van der Waals surface area contributed by atoms with Gasteiger partial charge in [0.15, 0.2) is 5.82 Å². The molecule has 6 nitrogen and oxygen atoms in total. The SMILES string of the molecule is CC(C)(C)NC(=O)NS(=O)(=O)c1cc(N)cc(Br)c1F. The van der Waals surface area contributed by atoms with Crippen LogP contribution in [-0.4, -0.2) is 20.0 Å². The van der Waals surface area contributed by atoms with Gasteiger partial charge in [-0.3, -0.25) is 0 Å².